The molecule has 3 unspecified atom stereocenters. The van der Waals surface area contributed by atoms with E-state index in [9.17, 15) is 29.7 Å². The van der Waals surface area contributed by atoms with E-state index in [1.165, 1.54) is 0 Å². The average Bonchev–Trinajstić information content (AvgIpc) is 3.23. The minimum Gasteiger partial charge on any atom is -0.549 e. The van der Waals surface area contributed by atoms with Gasteiger partial charge in [-0.25, -0.2) is 0 Å². The first-order valence-corrected chi connectivity index (χ1v) is 18.9. The van der Waals surface area contributed by atoms with Crippen LogP contribution in [-0.2, 0) is 33.6 Å². The van der Waals surface area contributed by atoms with Crippen molar-refractivity contribution in [2.75, 3.05) is 0 Å². The second-order valence-electron chi connectivity index (χ2n) is 13.7. The van der Waals surface area contributed by atoms with E-state index in [4.69, 9.17) is 14.2 Å². The molecule has 58 heavy (non-hydrogen) atoms. The number of carboxylic acid groups (broad SMARTS) is 3. The molecule has 0 aromatic heterocycles. The molecule has 0 N–H and O–H groups in total. The molecule has 0 bridgehead atoms. The summed E-state index contributed by atoms with van der Waals surface area (Å²) in [7, 11) is 0. The Balaban J connectivity index is 0.000000145. The van der Waals surface area contributed by atoms with Crippen molar-refractivity contribution >= 4 is 43.8 Å². The van der Waals surface area contributed by atoms with Crippen molar-refractivity contribution < 1.29 is 43.9 Å². The summed E-state index contributed by atoms with van der Waals surface area (Å²) in [4.78, 5) is 34.7. The van der Waals surface area contributed by atoms with E-state index in [-0.39, 0.29) is 25.8 Å². The van der Waals surface area contributed by atoms with Gasteiger partial charge in [0.05, 0.1) is 35.7 Å². The predicted octanol–water partition coefficient (Wildman–Crippen LogP) is 6.33. The number of benzene rings is 6. The summed E-state index contributed by atoms with van der Waals surface area (Å²) >= 11 is 0. The van der Waals surface area contributed by atoms with Crippen LogP contribution in [0.5, 0.6) is 34.5 Å². The van der Waals surface area contributed by atoms with Crippen molar-refractivity contribution in [1.29, 1.82) is 0 Å². The maximum atomic E-state index is 11.6. The number of aryl methyl sites for hydroxylation is 3. The third-order valence-corrected chi connectivity index (χ3v) is 10.5. The van der Waals surface area contributed by atoms with Crippen molar-refractivity contribution in [1.82, 2.24) is 0 Å². The fraction of sp³-hybridized carbons (Fsp3) is 0.188. The van der Waals surface area contributed by atoms with E-state index in [0.29, 0.717) is 51.2 Å². The van der Waals surface area contributed by atoms with Crippen LogP contribution < -0.4 is 29.5 Å². The summed E-state index contributed by atoms with van der Waals surface area (Å²) in [6.07, 6.45) is 2.29. The summed E-state index contributed by atoms with van der Waals surface area (Å²) in [5, 5.41) is 34.7. The van der Waals surface area contributed by atoms with Crippen molar-refractivity contribution in [2.45, 2.75) is 57.8 Å². The van der Waals surface area contributed by atoms with E-state index >= 15 is 0 Å². The Bertz CT molecular complexity index is 2220. The first kappa shape index (κ1) is 41.6. The number of carbonyl (C=O) groups excluding carboxylic acids is 3. The molecule has 9 rings (SSSR count). The first-order chi connectivity index (χ1) is 27.7. The number of aliphatic carboxylic acids is 3. The maximum absolute atomic E-state index is 11.6. The van der Waals surface area contributed by atoms with Crippen LogP contribution in [0.25, 0.3) is 0 Å². The molecule has 3 heterocycles. The number of hydrogen-bond acceptors (Lipinski definition) is 9. The summed E-state index contributed by atoms with van der Waals surface area (Å²) in [6.45, 7) is 6.01. The molecule has 3 atom stereocenters. The van der Waals surface area contributed by atoms with Gasteiger partial charge in [0.2, 0.25) is 0 Å². The molecule has 6 aromatic carbocycles. The Morgan fingerprint density at radius 1 is 0.397 bits per heavy atom. The van der Waals surface area contributed by atoms with Gasteiger partial charge in [0.15, 0.2) is 0 Å². The topological polar surface area (TPSA) is 148 Å². The Hall–Kier alpha value is -6.00. The molecule has 3 aliphatic rings. The van der Waals surface area contributed by atoms with E-state index in [1.807, 2.05) is 93.6 Å². The van der Waals surface area contributed by atoms with E-state index in [2.05, 4.69) is 0 Å². The van der Waals surface area contributed by atoms with Crippen molar-refractivity contribution in [3.63, 3.8) is 0 Å². The van der Waals surface area contributed by atoms with Gasteiger partial charge in [-0.3, -0.25) is 0 Å². The Kier molecular flexibility index (Phi) is 13.0. The maximum Gasteiger partial charge on any atom is 3.00 e. The zero-order chi connectivity index (χ0) is 40.2. The van der Waals surface area contributed by atoms with Crippen LogP contribution in [0.15, 0.2) is 127 Å². The molecule has 0 radical (unpaired) electrons. The molecule has 0 spiro atoms. The normalized spacial score (nSPS) is 15.9. The zero-order valence-corrected chi connectivity index (χ0v) is 35.5. The Labute approximate surface area is 355 Å². The quantitative estimate of drug-likeness (QED) is 0.187. The fourth-order valence-electron chi connectivity index (χ4n) is 7.94. The molecule has 288 valence electrons. The summed E-state index contributed by atoms with van der Waals surface area (Å²) in [6, 6.07) is 38.5. The number of fused-ring (bicyclic) bond motifs is 6. The van der Waals surface area contributed by atoms with Crippen LogP contribution in [0.1, 0.15) is 88.6 Å². The Morgan fingerprint density at radius 3 is 0.879 bits per heavy atom. The second-order valence-corrected chi connectivity index (χ2v) is 13.7. The third-order valence-electron chi connectivity index (χ3n) is 10.5. The molecule has 9 nitrogen and oxygen atoms in total. The van der Waals surface area contributed by atoms with Gasteiger partial charge in [-0.05, 0) is 72.4 Å². The van der Waals surface area contributed by atoms with Gasteiger partial charge < -0.3 is 43.9 Å². The molecule has 0 saturated heterocycles. The van der Waals surface area contributed by atoms with Gasteiger partial charge in [-0.1, -0.05) is 112 Å². The van der Waals surface area contributed by atoms with Crippen molar-refractivity contribution in [3.05, 3.63) is 177 Å². The average molecular weight is 875 g/mol. The number of rotatable bonds is 6. The zero-order valence-electron chi connectivity index (χ0n) is 32.2. The van der Waals surface area contributed by atoms with E-state index < -0.39 is 35.7 Å². The molecule has 0 fully saturated rings. The van der Waals surface area contributed by atoms with Crippen LogP contribution in [0.3, 0.4) is 0 Å². The molecular weight excluding hydrogens is 835 g/mol. The first-order valence-electron chi connectivity index (χ1n) is 18.9. The minimum atomic E-state index is -1.09. The molecule has 10 heteroatoms. The van der Waals surface area contributed by atoms with Crippen LogP contribution in [0.2, 0.25) is 0 Å². The summed E-state index contributed by atoms with van der Waals surface area (Å²) in [5.41, 5.74) is 7.13. The van der Waals surface area contributed by atoms with Gasteiger partial charge in [-0.15, -0.1) is 0 Å². The van der Waals surface area contributed by atoms with Gasteiger partial charge in [-0.2, -0.15) is 0 Å². The van der Waals surface area contributed by atoms with Crippen molar-refractivity contribution in [3.8, 4) is 34.5 Å². The smallest absolute Gasteiger partial charge is 0.549 e. The molecule has 0 saturated carbocycles. The number of ether oxygens (including phenoxy) is 3. The molecule has 0 aliphatic carbocycles. The van der Waals surface area contributed by atoms with Crippen LogP contribution in [0, 0.1) is 0 Å². The van der Waals surface area contributed by atoms with Gasteiger partial charge in [0.25, 0.3) is 0 Å². The van der Waals surface area contributed by atoms with Gasteiger partial charge in [0.1, 0.15) is 34.5 Å². The number of para-hydroxylation sites is 3. The molecule has 3 aliphatic heterocycles. The summed E-state index contributed by atoms with van der Waals surface area (Å²) in [5.74, 6) is -1.88. The monoisotopic (exact) mass is 874 g/mol. The fourth-order valence-corrected chi connectivity index (χ4v) is 7.94. The van der Waals surface area contributed by atoms with E-state index in [0.717, 1.165) is 52.6 Å². The predicted molar refractivity (Wildman–Crippen MR) is 213 cm³/mol. The van der Waals surface area contributed by atoms with Gasteiger partial charge in [0, 0.05) is 33.4 Å². The minimum absolute atomic E-state index is 0. The standard InChI is InChI=1S/3C16H14O3.In/c3*1-2-10-6-5-9-13-14(10)15(16(17)18)11-7-3-4-8-12(11)19-13;/h3*3-9,15H,2H2,1H3,(H,17,18);/q;;;+3/p-3. The van der Waals surface area contributed by atoms with E-state index in [1.54, 1.807) is 54.6 Å². The molecule has 0 amide bonds. The largest absolute Gasteiger partial charge is 3.00 e. The Morgan fingerprint density at radius 2 is 0.638 bits per heavy atom. The van der Waals surface area contributed by atoms with Crippen LogP contribution in [-0.4, -0.2) is 43.8 Å². The second kappa shape index (κ2) is 18.1. The third kappa shape index (κ3) is 7.94. The molecular formula is C48H39InO9. The van der Waals surface area contributed by atoms with Crippen LogP contribution in [0.4, 0.5) is 0 Å². The SMILES string of the molecule is CCc1cccc2c1C(C(=O)[O-])c1ccccc1O2.CCc1cccc2c1C(C(=O)[O-])c1ccccc1O2.CCc1cccc2c1C(C(=O)[O-])c1ccccc1O2.[In+3]. The number of hydrogen-bond donors (Lipinski definition) is 0. The number of carboxylic acids is 3. The van der Waals surface area contributed by atoms with Crippen molar-refractivity contribution in [2.24, 2.45) is 0 Å². The summed E-state index contributed by atoms with van der Waals surface area (Å²) < 4.78 is 17.4. The van der Waals surface area contributed by atoms with Gasteiger partial charge >= 0.3 is 25.8 Å². The number of carbonyl (C=O) groups is 3. The molecule has 6 aromatic rings. The van der Waals surface area contributed by atoms with Crippen LogP contribution >= 0.6 is 0 Å².